The van der Waals surface area contributed by atoms with Crippen LogP contribution in [0.3, 0.4) is 0 Å². The highest BCUT2D eigenvalue weighted by Crippen LogP contribution is 2.21. The van der Waals surface area contributed by atoms with Crippen LogP contribution in [-0.4, -0.2) is 17.0 Å². The second-order valence-corrected chi connectivity index (χ2v) is 5.74. The summed E-state index contributed by atoms with van der Waals surface area (Å²) in [6.45, 7) is 3.90. The van der Waals surface area contributed by atoms with Gasteiger partial charge in [0, 0.05) is 0 Å². The number of carbonyl (C=O) groups is 2. The van der Waals surface area contributed by atoms with Crippen LogP contribution in [0.25, 0.3) is 0 Å². The molecule has 0 heterocycles. The van der Waals surface area contributed by atoms with Gasteiger partial charge in [-0.25, -0.2) is 0 Å². The van der Waals surface area contributed by atoms with E-state index in [2.05, 4.69) is 5.32 Å². The molecule has 0 aromatic heterocycles. The van der Waals surface area contributed by atoms with Crippen molar-refractivity contribution in [3.8, 4) is 0 Å². The molecule has 23 heavy (non-hydrogen) atoms. The van der Waals surface area contributed by atoms with E-state index in [1.54, 1.807) is 0 Å². The molecular formula is C19H21NO3. The maximum atomic E-state index is 12.3. The third kappa shape index (κ3) is 4.95. The monoisotopic (exact) mass is 311 g/mol. The van der Waals surface area contributed by atoms with Gasteiger partial charge in [0.15, 0.2) is 0 Å². The molecule has 2 aromatic carbocycles. The number of benzene rings is 2. The summed E-state index contributed by atoms with van der Waals surface area (Å²) in [4.78, 5) is 23.4. The summed E-state index contributed by atoms with van der Waals surface area (Å²) in [5.74, 6) is -1.11. The first kappa shape index (κ1) is 16.7. The Morgan fingerprint density at radius 1 is 1.04 bits per heavy atom. The number of hydrogen-bond donors (Lipinski definition) is 2. The van der Waals surface area contributed by atoms with Crippen LogP contribution in [0.15, 0.2) is 48.5 Å². The summed E-state index contributed by atoms with van der Waals surface area (Å²) in [5, 5.41) is 12.0. The van der Waals surface area contributed by atoms with E-state index in [4.69, 9.17) is 5.11 Å². The number of aliphatic carboxylic acids is 1. The van der Waals surface area contributed by atoms with Crippen molar-refractivity contribution in [3.63, 3.8) is 0 Å². The van der Waals surface area contributed by atoms with Gasteiger partial charge in [0.2, 0.25) is 5.91 Å². The van der Waals surface area contributed by atoms with Gasteiger partial charge in [0.1, 0.15) is 0 Å². The van der Waals surface area contributed by atoms with Gasteiger partial charge >= 0.3 is 5.97 Å². The lowest BCUT2D eigenvalue weighted by Crippen LogP contribution is -2.31. The molecule has 0 aliphatic heterocycles. The van der Waals surface area contributed by atoms with E-state index in [0.29, 0.717) is 0 Å². The summed E-state index contributed by atoms with van der Waals surface area (Å²) < 4.78 is 0. The first-order valence-electron chi connectivity index (χ1n) is 7.58. The molecule has 1 amide bonds. The van der Waals surface area contributed by atoms with Gasteiger partial charge < -0.3 is 10.4 Å². The largest absolute Gasteiger partial charge is 0.481 e. The number of carbonyl (C=O) groups excluding carboxylic acids is 1. The maximum absolute atomic E-state index is 12.3. The van der Waals surface area contributed by atoms with E-state index in [1.807, 2.05) is 62.4 Å². The van der Waals surface area contributed by atoms with Crippen molar-refractivity contribution in [1.82, 2.24) is 5.32 Å². The number of rotatable bonds is 6. The molecular weight excluding hydrogens is 290 g/mol. The van der Waals surface area contributed by atoms with Crippen molar-refractivity contribution in [2.24, 2.45) is 0 Å². The molecule has 4 heteroatoms. The Hall–Kier alpha value is -2.62. The van der Waals surface area contributed by atoms with E-state index in [1.165, 1.54) is 0 Å². The van der Waals surface area contributed by atoms with Crippen molar-refractivity contribution < 1.29 is 14.7 Å². The lowest BCUT2D eigenvalue weighted by molar-refractivity contribution is -0.137. The van der Waals surface area contributed by atoms with E-state index in [0.717, 1.165) is 22.3 Å². The van der Waals surface area contributed by atoms with Crippen molar-refractivity contribution in [3.05, 3.63) is 70.8 Å². The van der Waals surface area contributed by atoms with Crippen LogP contribution in [0.2, 0.25) is 0 Å². The molecule has 2 rings (SSSR count). The molecule has 0 radical (unpaired) electrons. The minimum atomic E-state index is -0.936. The fraction of sp³-hybridized carbons (Fsp3) is 0.263. The Morgan fingerprint density at radius 3 is 2.30 bits per heavy atom. The standard InChI is InChI=1S/C19H21NO3/c1-13-7-9-15(10-8-13)11-18(21)20-17(12-19(22)23)16-6-4-3-5-14(16)2/h3-10,17H,11-12H2,1-2H3,(H,20,21)(H,22,23). The van der Waals surface area contributed by atoms with Gasteiger partial charge in [0.25, 0.3) is 0 Å². The minimum Gasteiger partial charge on any atom is -0.481 e. The molecule has 0 spiro atoms. The van der Waals surface area contributed by atoms with Crippen molar-refractivity contribution in [1.29, 1.82) is 0 Å². The molecule has 120 valence electrons. The number of nitrogens with one attached hydrogen (secondary N) is 1. The fourth-order valence-corrected chi connectivity index (χ4v) is 2.53. The van der Waals surface area contributed by atoms with Crippen LogP contribution in [-0.2, 0) is 16.0 Å². The van der Waals surface area contributed by atoms with Gasteiger partial charge in [-0.3, -0.25) is 9.59 Å². The van der Waals surface area contributed by atoms with Crippen molar-refractivity contribution in [2.75, 3.05) is 0 Å². The number of hydrogen-bond acceptors (Lipinski definition) is 2. The van der Waals surface area contributed by atoms with Gasteiger partial charge in [-0.05, 0) is 30.5 Å². The summed E-state index contributed by atoms with van der Waals surface area (Å²) >= 11 is 0. The predicted octanol–water partition coefficient (Wildman–Crippen LogP) is 3.18. The van der Waals surface area contributed by atoms with E-state index in [-0.39, 0.29) is 18.7 Å². The molecule has 2 N–H and O–H groups in total. The second-order valence-electron chi connectivity index (χ2n) is 5.74. The average Bonchev–Trinajstić information content (AvgIpc) is 2.49. The molecule has 2 aromatic rings. The van der Waals surface area contributed by atoms with E-state index >= 15 is 0 Å². The van der Waals surface area contributed by atoms with E-state index < -0.39 is 12.0 Å². The van der Waals surface area contributed by atoms with Gasteiger partial charge in [0.05, 0.1) is 18.9 Å². The Kier molecular flexibility index (Phi) is 5.52. The predicted molar refractivity (Wildman–Crippen MR) is 89.2 cm³/mol. The molecule has 0 aliphatic rings. The SMILES string of the molecule is Cc1ccc(CC(=O)NC(CC(=O)O)c2ccccc2C)cc1. The molecule has 4 nitrogen and oxygen atoms in total. The zero-order valence-corrected chi connectivity index (χ0v) is 13.4. The lowest BCUT2D eigenvalue weighted by Gasteiger charge is -2.19. The number of amides is 1. The Balaban J connectivity index is 2.11. The highest BCUT2D eigenvalue weighted by Gasteiger charge is 2.19. The molecule has 0 saturated heterocycles. The Bertz CT molecular complexity index is 692. The molecule has 0 saturated carbocycles. The molecule has 0 aliphatic carbocycles. The van der Waals surface area contributed by atoms with Crippen LogP contribution in [0.5, 0.6) is 0 Å². The lowest BCUT2D eigenvalue weighted by atomic mass is 9.98. The van der Waals surface area contributed by atoms with E-state index in [9.17, 15) is 9.59 Å². The first-order chi connectivity index (χ1) is 11.0. The van der Waals surface area contributed by atoms with Crippen molar-refractivity contribution in [2.45, 2.75) is 32.7 Å². The second kappa shape index (κ2) is 7.58. The molecule has 1 atom stereocenters. The summed E-state index contributed by atoms with van der Waals surface area (Å²) in [6, 6.07) is 14.7. The van der Waals surface area contributed by atoms with Crippen LogP contribution >= 0.6 is 0 Å². The molecule has 0 bridgehead atoms. The maximum Gasteiger partial charge on any atom is 0.305 e. The third-order valence-corrected chi connectivity index (χ3v) is 3.76. The van der Waals surface area contributed by atoms with Crippen LogP contribution in [0.1, 0.15) is 34.7 Å². The topological polar surface area (TPSA) is 66.4 Å². The molecule has 0 fully saturated rings. The quantitative estimate of drug-likeness (QED) is 0.861. The summed E-state index contributed by atoms with van der Waals surface area (Å²) in [7, 11) is 0. The molecule has 1 unspecified atom stereocenters. The van der Waals surface area contributed by atoms with Crippen LogP contribution in [0.4, 0.5) is 0 Å². The zero-order valence-electron chi connectivity index (χ0n) is 13.4. The smallest absolute Gasteiger partial charge is 0.305 e. The Morgan fingerprint density at radius 2 is 1.70 bits per heavy atom. The average molecular weight is 311 g/mol. The van der Waals surface area contributed by atoms with Gasteiger partial charge in [-0.15, -0.1) is 0 Å². The number of carboxylic acid groups (broad SMARTS) is 1. The van der Waals surface area contributed by atoms with Crippen LogP contribution < -0.4 is 5.32 Å². The minimum absolute atomic E-state index is 0.134. The third-order valence-electron chi connectivity index (χ3n) is 3.76. The van der Waals surface area contributed by atoms with Gasteiger partial charge in [-0.1, -0.05) is 54.1 Å². The number of aryl methyl sites for hydroxylation is 2. The van der Waals surface area contributed by atoms with Gasteiger partial charge in [-0.2, -0.15) is 0 Å². The fourth-order valence-electron chi connectivity index (χ4n) is 2.53. The van der Waals surface area contributed by atoms with Crippen LogP contribution in [0, 0.1) is 13.8 Å². The summed E-state index contributed by atoms with van der Waals surface area (Å²) in [5.41, 5.74) is 3.85. The number of carboxylic acids is 1. The van der Waals surface area contributed by atoms with Crippen molar-refractivity contribution >= 4 is 11.9 Å². The normalized spacial score (nSPS) is 11.7. The highest BCUT2D eigenvalue weighted by atomic mass is 16.4. The summed E-state index contributed by atoms with van der Waals surface area (Å²) in [6.07, 6.45) is 0.104. The Labute approximate surface area is 136 Å². The highest BCUT2D eigenvalue weighted by molar-refractivity contribution is 5.80. The zero-order chi connectivity index (χ0) is 16.8. The first-order valence-corrected chi connectivity index (χ1v) is 7.58.